The molecule has 2 nitrogen and oxygen atoms in total. The molecular weight excluding hydrogens is 116 g/mol. The van der Waals surface area contributed by atoms with Crippen molar-refractivity contribution in [3.8, 4) is 0 Å². The molecule has 4 heteroatoms. The zero-order valence-electron chi connectivity index (χ0n) is 1.93. The van der Waals surface area contributed by atoms with Crippen LogP contribution in [0.5, 0.6) is 0 Å². The summed E-state index contributed by atoms with van der Waals surface area (Å²) in [6, 6.07) is 0. The maximum Gasteiger partial charge on any atom is 0.316 e. The molecule has 0 heterocycles. The summed E-state index contributed by atoms with van der Waals surface area (Å²) in [4.78, 5) is 8.36. The van der Waals surface area contributed by atoms with Gasteiger partial charge in [0.25, 0.3) is 6.47 Å². The van der Waals surface area contributed by atoms with Crippen LogP contribution in [0.15, 0.2) is 0 Å². The fraction of sp³-hybridized carbons (Fsp3) is 0. The van der Waals surface area contributed by atoms with Gasteiger partial charge in [-0.3, -0.25) is 4.79 Å². The van der Waals surface area contributed by atoms with Crippen LogP contribution in [0.25, 0.3) is 0 Å². The second kappa shape index (κ2) is 20.3. The van der Waals surface area contributed by atoms with Gasteiger partial charge in [0.05, 0.1) is 0 Å². The molecule has 0 aromatic carbocycles. The standard InChI is InChI=1S/CH2O2.Mg.Ti.2H/c2-1-3;;;;/h1H,(H,2,3);;;;. The molecule has 0 aliphatic carbocycles. The first-order chi connectivity index (χ1) is 1.41. The molecule has 0 spiro atoms. The third-order valence-electron chi connectivity index (χ3n) is 0. The van der Waals surface area contributed by atoms with E-state index in [1.807, 2.05) is 0 Å². The van der Waals surface area contributed by atoms with Crippen LogP contribution in [-0.2, 0) is 26.5 Å². The summed E-state index contributed by atoms with van der Waals surface area (Å²) in [6.45, 7) is -0.250. The smallest absolute Gasteiger partial charge is 0.316 e. The normalized spacial score (nSPS) is 2.40. The molecule has 0 aliphatic heterocycles. The van der Waals surface area contributed by atoms with Gasteiger partial charge in [-0.2, -0.15) is 0 Å². The van der Waals surface area contributed by atoms with Crippen LogP contribution in [-0.4, -0.2) is 34.6 Å². The van der Waals surface area contributed by atoms with E-state index in [-0.39, 0.29) is 51.2 Å². The minimum absolute atomic E-state index is 0. The molecule has 0 fully saturated rings. The van der Waals surface area contributed by atoms with Gasteiger partial charge in [-0.05, 0) is 0 Å². The summed E-state index contributed by atoms with van der Waals surface area (Å²) >= 11 is 0. The molecule has 0 saturated heterocycles. The second-order valence-electron chi connectivity index (χ2n) is 0.105. The Bertz CT molecular complexity index is 17.1. The van der Waals surface area contributed by atoms with Gasteiger partial charge in [0, 0.05) is 21.7 Å². The van der Waals surface area contributed by atoms with Gasteiger partial charge in [-0.15, -0.1) is 0 Å². The molecule has 0 saturated carbocycles. The molecule has 26 valence electrons. The van der Waals surface area contributed by atoms with Gasteiger partial charge in [-0.25, -0.2) is 0 Å². The predicted molar refractivity (Wildman–Crippen MR) is 17.2 cm³/mol. The number of hydrogen-bond donors (Lipinski definition) is 1. The molecule has 0 unspecified atom stereocenters. The molecule has 0 aromatic rings. The SMILES string of the molecule is O=CO.[MgH2].[Ti]. The fourth-order valence-electron chi connectivity index (χ4n) is 0. The molecular formula is CH4MgO2Ti. The Kier molecular flexibility index (Phi) is 68.0. The Morgan fingerprint density at radius 3 is 1.60 bits per heavy atom. The van der Waals surface area contributed by atoms with Crippen molar-refractivity contribution in [2.45, 2.75) is 0 Å². The van der Waals surface area contributed by atoms with Crippen LogP contribution in [0.4, 0.5) is 0 Å². The summed E-state index contributed by atoms with van der Waals surface area (Å²) in [6.07, 6.45) is 0. The topological polar surface area (TPSA) is 37.3 Å². The first-order valence-corrected chi connectivity index (χ1v) is 0.494. The van der Waals surface area contributed by atoms with E-state index in [9.17, 15) is 0 Å². The van der Waals surface area contributed by atoms with Crippen LogP contribution in [0.2, 0.25) is 0 Å². The predicted octanol–water partition coefficient (Wildman–Crippen LogP) is -1.22. The molecule has 0 aromatic heterocycles. The summed E-state index contributed by atoms with van der Waals surface area (Å²) in [7, 11) is 0. The number of hydrogen-bond acceptors (Lipinski definition) is 1. The molecule has 0 bridgehead atoms. The van der Waals surface area contributed by atoms with E-state index in [1.54, 1.807) is 0 Å². The minimum Gasteiger partial charge on any atom is -0.483 e. The van der Waals surface area contributed by atoms with E-state index < -0.39 is 0 Å². The average Bonchev–Trinajstić information content (AvgIpc) is 0.918. The summed E-state index contributed by atoms with van der Waals surface area (Å²) < 4.78 is 0. The Morgan fingerprint density at radius 1 is 1.60 bits per heavy atom. The molecule has 0 radical (unpaired) electrons. The molecule has 0 amide bonds. The second-order valence-corrected chi connectivity index (χ2v) is 0.105. The van der Waals surface area contributed by atoms with Crippen LogP contribution in [0.1, 0.15) is 0 Å². The van der Waals surface area contributed by atoms with Gasteiger partial charge < -0.3 is 5.11 Å². The van der Waals surface area contributed by atoms with E-state index in [0.29, 0.717) is 0 Å². The van der Waals surface area contributed by atoms with Crippen molar-refractivity contribution in [2.75, 3.05) is 0 Å². The van der Waals surface area contributed by atoms with Crippen molar-refractivity contribution in [1.82, 2.24) is 0 Å². The Balaban J connectivity index is -0.0000000200. The fourth-order valence-corrected chi connectivity index (χ4v) is 0. The number of carboxylic acid groups (broad SMARTS) is 1. The van der Waals surface area contributed by atoms with E-state index in [1.165, 1.54) is 0 Å². The maximum atomic E-state index is 8.36. The summed E-state index contributed by atoms with van der Waals surface area (Å²) in [5.74, 6) is 0. The molecule has 5 heavy (non-hydrogen) atoms. The van der Waals surface area contributed by atoms with Gasteiger partial charge in [0.1, 0.15) is 0 Å². The zero-order valence-corrected chi connectivity index (χ0v) is 3.49. The van der Waals surface area contributed by atoms with Crippen molar-refractivity contribution in [2.24, 2.45) is 0 Å². The molecule has 1 N–H and O–H groups in total. The third-order valence-corrected chi connectivity index (χ3v) is 0. The molecule has 0 aliphatic rings. The van der Waals surface area contributed by atoms with E-state index in [0.717, 1.165) is 0 Å². The maximum absolute atomic E-state index is 8.36. The van der Waals surface area contributed by atoms with Gasteiger partial charge in [-0.1, -0.05) is 0 Å². The third kappa shape index (κ3) is 47.7. The van der Waals surface area contributed by atoms with Crippen molar-refractivity contribution in [3.05, 3.63) is 0 Å². The first-order valence-electron chi connectivity index (χ1n) is 0.494. The van der Waals surface area contributed by atoms with Crippen LogP contribution < -0.4 is 0 Å². The zero-order chi connectivity index (χ0) is 2.71. The van der Waals surface area contributed by atoms with E-state index in [2.05, 4.69) is 0 Å². The monoisotopic (exact) mass is 120 g/mol. The van der Waals surface area contributed by atoms with Crippen LogP contribution >= 0.6 is 0 Å². The van der Waals surface area contributed by atoms with Crippen molar-refractivity contribution < 1.29 is 31.6 Å². The Hall–Kier alpha value is 0.951. The van der Waals surface area contributed by atoms with E-state index >= 15 is 0 Å². The van der Waals surface area contributed by atoms with Crippen LogP contribution in [0, 0.1) is 0 Å². The first kappa shape index (κ1) is 16.8. The molecule has 0 atom stereocenters. The number of rotatable bonds is 0. The van der Waals surface area contributed by atoms with Gasteiger partial charge in [0.15, 0.2) is 0 Å². The van der Waals surface area contributed by atoms with Crippen molar-refractivity contribution >= 4 is 29.5 Å². The Morgan fingerprint density at radius 2 is 1.60 bits per heavy atom. The molecule has 0 rings (SSSR count). The average molecular weight is 120 g/mol. The quantitative estimate of drug-likeness (QED) is 0.321. The van der Waals surface area contributed by atoms with Crippen LogP contribution in [0.3, 0.4) is 0 Å². The van der Waals surface area contributed by atoms with E-state index in [4.69, 9.17) is 9.90 Å². The van der Waals surface area contributed by atoms with Crippen molar-refractivity contribution in [3.63, 3.8) is 0 Å². The van der Waals surface area contributed by atoms with Crippen molar-refractivity contribution in [1.29, 1.82) is 0 Å². The van der Waals surface area contributed by atoms with Gasteiger partial charge >= 0.3 is 23.1 Å². The summed E-state index contributed by atoms with van der Waals surface area (Å²) in [5, 5.41) is 6.89. The van der Waals surface area contributed by atoms with Gasteiger partial charge in [0.2, 0.25) is 0 Å². The number of carbonyl (C=O) groups is 1. The largest absolute Gasteiger partial charge is 0.483 e. The minimum atomic E-state index is -0.250. The Labute approximate surface area is 61.0 Å². The summed E-state index contributed by atoms with van der Waals surface area (Å²) in [5.41, 5.74) is 0.